The van der Waals surface area contributed by atoms with Crippen LogP contribution in [0.1, 0.15) is 10.4 Å². The number of amides is 1. The van der Waals surface area contributed by atoms with E-state index in [0.717, 1.165) is 21.7 Å². The number of ether oxygens (including phenoxy) is 2. The molecule has 0 spiro atoms. The third kappa shape index (κ3) is 4.19. The topological polar surface area (TPSA) is 54.9 Å². The van der Waals surface area contributed by atoms with Crippen molar-refractivity contribution >= 4 is 44.4 Å². The molecule has 2 heterocycles. The fourth-order valence-electron chi connectivity index (χ4n) is 3.11. The van der Waals surface area contributed by atoms with Crippen molar-refractivity contribution in [2.45, 2.75) is 4.90 Å². The fraction of sp³-hybridized carbons (Fsp3) is 0.333. The van der Waals surface area contributed by atoms with Gasteiger partial charge in [-0.15, -0.1) is 11.8 Å². The Bertz CT molecular complexity index is 1040. The van der Waals surface area contributed by atoms with Crippen LogP contribution in [0, 0.1) is 0 Å². The van der Waals surface area contributed by atoms with Crippen LogP contribution in [0.25, 0.3) is 10.2 Å². The van der Waals surface area contributed by atoms with Crippen molar-refractivity contribution in [1.29, 1.82) is 0 Å². The second-order valence-electron chi connectivity index (χ2n) is 6.92. The van der Waals surface area contributed by atoms with Gasteiger partial charge >= 0.3 is 0 Å². The molecular weight excluding hydrogens is 406 g/mol. The van der Waals surface area contributed by atoms with Gasteiger partial charge in [-0.1, -0.05) is 17.4 Å². The molecule has 0 aliphatic carbocycles. The molecule has 8 heteroatoms. The van der Waals surface area contributed by atoms with Crippen LogP contribution in [0.5, 0.6) is 11.5 Å². The molecule has 1 amide bonds. The van der Waals surface area contributed by atoms with E-state index in [9.17, 15) is 4.79 Å². The Morgan fingerprint density at radius 1 is 1.14 bits per heavy atom. The number of hydrogen-bond donors (Lipinski definition) is 0. The summed E-state index contributed by atoms with van der Waals surface area (Å²) in [7, 11) is 3.99. The first kappa shape index (κ1) is 20.0. The van der Waals surface area contributed by atoms with Crippen molar-refractivity contribution in [3.8, 4) is 11.5 Å². The molecule has 4 rings (SSSR count). The molecule has 29 heavy (non-hydrogen) atoms. The Morgan fingerprint density at radius 2 is 1.93 bits per heavy atom. The van der Waals surface area contributed by atoms with Gasteiger partial charge in [0.15, 0.2) is 16.6 Å². The number of para-hydroxylation sites is 1. The largest absolute Gasteiger partial charge is 0.486 e. The highest BCUT2D eigenvalue weighted by Crippen LogP contribution is 2.36. The predicted molar refractivity (Wildman–Crippen MR) is 119 cm³/mol. The fourth-order valence-corrected chi connectivity index (χ4v) is 4.75. The molecule has 0 N–H and O–H groups in total. The number of hydrogen-bond acceptors (Lipinski definition) is 7. The Hall–Kier alpha value is -2.29. The maximum absolute atomic E-state index is 13.4. The molecule has 0 fully saturated rings. The van der Waals surface area contributed by atoms with Crippen LogP contribution >= 0.6 is 23.1 Å². The average Bonchev–Trinajstić information content (AvgIpc) is 3.17. The van der Waals surface area contributed by atoms with Crippen LogP contribution in [0.15, 0.2) is 41.3 Å². The third-order valence-corrected chi connectivity index (χ3v) is 6.44. The van der Waals surface area contributed by atoms with Crippen LogP contribution in [-0.2, 0) is 0 Å². The first-order valence-corrected chi connectivity index (χ1v) is 11.4. The third-order valence-electron chi connectivity index (χ3n) is 4.63. The minimum atomic E-state index is -0.0893. The van der Waals surface area contributed by atoms with Gasteiger partial charge in [-0.05, 0) is 50.7 Å². The van der Waals surface area contributed by atoms with Crippen LogP contribution in [0.4, 0.5) is 5.13 Å². The molecule has 0 unspecified atom stereocenters. The number of nitrogens with zero attached hydrogens (tertiary/aromatic N) is 3. The zero-order chi connectivity index (χ0) is 20.4. The molecule has 2 aromatic carbocycles. The Morgan fingerprint density at radius 3 is 2.69 bits per heavy atom. The number of thiazole rings is 1. The molecule has 6 nitrogen and oxygen atoms in total. The lowest BCUT2D eigenvalue weighted by molar-refractivity contribution is 0.0984. The molecule has 3 aromatic rings. The van der Waals surface area contributed by atoms with Crippen molar-refractivity contribution < 1.29 is 14.3 Å². The van der Waals surface area contributed by atoms with Crippen LogP contribution in [0.2, 0.25) is 0 Å². The zero-order valence-electron chi connectivity index (χ0n) is 16.7. The summed E-state index contributed by atoms with van der Waals surface area (Å²) < 4.78 is 12.3. The highest BCUT2D eigenvalue weighted by Gasteiger charge is 2.24. The van der Waals surface area contributed by atoms with Gasteiger partial charge in [0, 0.05) is 23.5 Å². The van der Waals surface area contributed by atoms with Crippen molar-refractivity contribution in [3.05, 3.63) is 42.0 Å². The van der Waals surface area contributed by atoms with Crippen LogP contribution in [0.3, 0.4) is 0 Å². The summed E-state index contributed by atoms with van der Waals surface area (Å²) >= 11 is 3.21. The molecule has 1 aliphatic heterocycles. The minimum absolute atomic E-state index is 0.0893. The van der Waals surface area contributed by atoms with E-state index in [0.29, 0.717) is 42.0 Å². The first-order chi connectivity index (χ1) is 14.1. The molecule has 0 bridgehead atoms. The normalized spacial score (nSPS) is 13.1. The summed E-state index contributed by atoms with van der Waals surface area (Å²) in [5, 5.41) is 0.711. The summed E-state index contributed by atoms with van der Waals surface area (Å²) in [5.41, 5.74) is 1.52. The van der Waals surface area contributed by atoms with E-state index in [1.165, 1.54) is 0 Å². The molecule has 0 atom stereocenters. The van der Waals surface area contributed by atoms with Gasteiger partial charge in [-0.25, -0.2) is 4.98 Å². The Balaban J connectivity index is 1.71. The first-order valence-electron chi connectivity index (χ1n) is 9.36. The average molecular weight is 430 g/mol. The van der Waals surface area contributed by atoms with Gasteiger partial charge in [-0.2, -0.15) is 0 Å². The van der Waals surface area contributed by atoms with Crippen molar-refractivity contribution in [2.75, 3.05) is 51.6 Å². The monoisotopic (exact) mass is 429 g/mol. The molecule has 1 aromatic heterocycles. The lowest BCUT2D eigenvalue weighted by Crippen LogP contribution is -2.36. The van der Waals surface area contributed by atoms with Crippen LogP contribution in [-0.4, -0.2) is 62.4 Å². The molecule has 0 saturated heterocycles. The van der Waals surface area contributed by atoms with Gasteiger partial charge in [0.1, 0.15) is 13.2 Å². The summed E-state index contributed by atoms with van der Waals surface area (Å²) in [6.45, 7) is 2.30. The van der Waals surface area contributed by atoms with Gasteiger partial charge in [-0.3, -0.25) is 9.69 Å². The van der Waals surface area contributed by atoms with Gasteiger partial charge in [0.2, 0.25) is 0 Å². The SMILES string of the molecule is CSc1cccc2sc(N(CCN(C)C)C(=O)c3ccc4c(c3)OCCO4)nc12. The lowest BCUT2D eigenvalue weighted by Gasteiger charge is -2.23. The molecule has 1 aliphatic rings. The minimum Gasteiger partial charge on any atom is -0.486 e. The lowest BCUT2D eigenvalue weighted by atomic mass is 10.1. The molecule has 152 valence electrons. The standard InChI is InChI=1S/C21H23N3O3S2/c1-23(2)9-10-24(21-22-19-17(28-3)5-4-6-18(19)29-21)20(25)14-7-8-15-16(13-14)27-12-11-26-15/h4-8,13H,9-12H2,1-3H3. The number of thioether (sulfide) groups is 1. The van der Waals surface area contributed by atoms with Gasteiger partial charge in [0.05, 0.1) is 10.2 Å². The number of carbonyl (C=O) groups is 1. The summed E-state index contributed by atoms with van der Waals surface area (Å²) in [6, 6.07) is 11.5. The number of anilines is 1. The quantitative estimate of drug-likeness (QED) is 0.552. The van der Waals surface area contributed by atoms with E-state index in [1.807, 2.05) is 26.4 Å². The summed E-state index contributed by atoms with van der Waals surface area (Å²) in [6.07, 6.45) is 2.04. The highest BCUT2D eigenvalue weighted by atomic mass is 32.2. The van der Waals surface area contributed by atoms with Gasteiger partial charge < -0.3 is 14.4 Å². The van der Waals surface area contributed by atoms with Crippen molar-refractivity contribution in [3.63, 3.8) is 0 Å². The highest BCUT2D eigenvalue weighted by molar-refractivity contribution is 7.98. The maximum Gasteiger partial charge on any atom is 0.260 e. The smallest absolute Gasteiger partial charge is 0.260 e. The number of rotatable bonds is 6. The molecule has 0 saturated carbocycles. The van der Waals surface area contributed by atoms with E-state index < -0.39 is 0 Å². The van der Waals surface area contributed by atoms with Crippen molar-refractivity contribution in [2.24, 2.45) is 0 Å². The van der Waals surface area contributed by atoms with E-state index in [4.69, 9.17) is 14.5 Å². The van der Waals surface area contributed by atoms with Crippen molar-refractivity contribution in [1.82, 2.24) is 9.88 Å². The number of carbonyl (C=O) groups excluding carboxylic acids is 1. The number of fused-ring (bicyclic) bond motifs is 2. The zero-order valence-corrected chi connectivity index (χ0v) is 18.3. The van der Waals surface area contributed by atoms with Gasteiger partial charge in [0.25, 0.3) is 5.91 Å². The van der Waals surface area contributed by atoms with E-state index >= 15 is 0 Å². The summed E-state index contributed by atoms with van der Waals surface area (Å²) in [5.74, 6) is 1.20. The van der Waals surface area contributed by atoms with E-state index in [1.54, 1.807) is 46.2 Å². The number of benzene rings is 2. The number of aromatic nitrogens is 1. The second kappa shape index (κ2) is 8.61. The Labute approximate surface area is 178 Å². The van der Waals surface area contributed by atoms with Crippen LogP contribution < -0.4 is 14.4 Å². The Kier molecular flexibility index (Phi) is 5.94. The molecule has 0 radical (unpaired) electrons. The number of likely N-dealkylation sites (N-methyl/N-ethyl adjacent to an activating group) is 1. The van der Waals surface area contributed by atoms with E-state index in [2.05, 4.69) is 17.0 Å². The second-order valence-corrected chi connectivity index (χ2v) is 8.78. The predicted octanol–water partition coefficient (Wildman–Crippen LogP) is 4.00. The van der Waals surface area contributed by atoms with E-state index in [-0.39, 0.29) is 5.91 Å². The maximum atomic E-state index is 13.4. The molecular formula is C21H23N3O3S2. The summed E-state index contributed by atoms with van der Waals surface area (Å²) in [4.78, 5) is 23.2.